The maximum Gasteiger partial charge on any atom is 0.0696 e. The minimum absolute atomic E-state index is 0.0410. The van der Waals surface area contributed by atoms with Crippen LogP contribution in [-0.2, 0) is 11.9 Å². The first-order valence-corrected chi connectivity index (χ1v) is 6.50. The molecule has 0 radical (unpaired) electrons. The van der Waals surface area contributed by atoms with E-state index in [1.807, 2.05) is 17.5 Å². The third kappa shape index (κ3) is 1.58. The highest BCUT2D eigenvalue weighted by Gasteiger charge is 2.10. The van der Waals surface area contributed by atoms with Gasteiger partial charge in [-0.05, 0) is 34.0 Å². The normalized spacial score (nSPS) is 11.1. The molecule has 1 N–H and O–H groups in total. The van der Waals surface area contributed by atoms with Crippen molar-refractivity contribution in [3.05, 3.63) is 33.7 Å². The highest BCUT2D eigenvalue weighted by atomic mass is 79.9. The monoisotopic (exact) mass is 290 g/mol. The van der Waals surface area contributed by atoms with Crippen LogP contribution in [0.1, 0.15) is 11.1 Å². The van der Waals surface area contributed by atoms with Crippen molar-refractivity contribution in [2.24, 2.45) is 0 Å². The number of alkyl halides is 1. The zero-order valence-corrected chi connectivity index (χ0v) is 10.4. The summed E-state index contributed by atoms with van der Waals surface area (Å²) in [5, 5.41) is 13.8. The molecule has 0 atom stereocenters. The molecule has 74 valence electrons. The van der Waals surface area contributed by atoms with Crippen molar-refractivity contribution < 1.29 is 5.11 Å². The van der Waals surface area contributed by atoms with Gasteiger partial charge in [0.2, 0.25) is 0 Å². The molecule has 0 aliphatic carbocycles. The molecular weight excluding hydrogens is 284 g/mol. The third-order valence-electron chi connectivity index (χ3n) is 2.18. The molecule has 0 fully saturated rings. The summed E-state index contributed by atoms with van der Waals surface area (Å²) in [6, 6.07) is 3.89. The smallest absolute Gasteiger partial charge is 0.0696 e. The van der Waals surface area contributed by atoms with Crippen molar-refractivity contribution in [2.75, 3.05) is 0 Å². The van der Waals surface area contributed by atoms with Crippen molar-refractivity contribution in [1.29, 1.82) is 0 Å². The number of benzene rings is 1. The highest BCUT2D eigenvalue weighted by molar-refractivity contribution is 9.08. The molecule has 0 spiro atoms. The van der Waals surface area contributed by atoms with E-state index in [1.165, 1.54) is 0 Å². The van der Waals surface area contributed by atoms with Gasteiger partial charge in [-0.15, -0.1) is 11.3 Å². The highest BCUT2D eigenvalue weighted by Crippen LogP contribution is 2.34. The van der Waals surface area contributed by atoms with Gasteiger partial charge in [0, 0.05) is 15.1 Å². The first kappa shape index (κ1) is 10.4. The summed E-state index contributed by atoms with van der Waals surface area (Å²) in [6.45, 7) is 0.0410. The zero-order valence-electron chi connectivity index (χ0n) is 7.26. The van der Waals surface area contributed by atoms with E-state index in [0.717, 1.165) is 31.6 Å². The van der Waals surface area contributed by atoms with Crippen molar-refractivity contribution >= 4 is 49.0 Å². The molecule has 2 rings (SSSR count). The molecule has 2 aromatic rings. The summed E-state index contributed by atoms with van der Waals surface area (Å²) < 4.78 is 1.13. The predicted molar refractivity (Wildman–Crippen MR) is 65.4 cm³/mol. The Morgan fingerprint density at radius 3 is 2.93 bits per heavy atom. The van der Waals surface area contributed by atoms with Crippen LogP contribution in [0.25, 0.3) is 10.1 Å². The second-order valence-electron chi connectivity index (χ2n) is 2.95. The first-order valence-electron chi connectivity index (χ1n) is 4.12. The zero-order chi connectivity index (χ0) is 10.1. The van der Waals surface area contributed by atoms with E-state index in [2.05, 4.69) is 15.9 Å². The summed E-state index contributed by atoms with van der Waals surface area (Å²) >= 11 is 11.2. The van der Waals surface area contributed by atoms with Crippen LogP contribution in [-0.4, -0.2) is 5.11 Å². The largest absolute Gasteiger partial charge is 0.392 e. The van der Waals surface area contributed by atoms with Gasteiger partial charge in [-0.3, -0.25) is 0 Å². The van der Waals surface area contributed by atoms with Crippen LogP contribution in [0, 0.1) is 0 Å². The van der Waals surface area contributed by atoms with Gasteiger partial charge in [0.05, 0.1) is 6.61 Å². The fraction of sp³-hybridized carbons (Fsp3) is 0.200. The van der Waals surface area contributed by atoms with Gasteiger partial charge >= 0.3 is 0 Å². The van der Waals surface area contributed by atoms with Gasteiger partial charge in [0.25, 0.3) is 0 Å². The molecule has 1 heterocycles. The molecular formula is C10H8BrClOS. The van der Waals surface area contributed by atoms with Crippen molar-refractivity contribution in [3.63, 3.8) is 0 Å². The summed E-state index contributed by atoms with van der Waals surface area (Å²) in [6.07, 6.45) is 0. The average Bonchev–Trinajstić information content (AvgIpc) is 2.65. The minimum atomic E-state index is 0.0410. The Morgan fingerprint density at radius 1 is 1.50 bits per heavy atom. The molecule has 0 saturated heterocycles. The number of aliphatic hydroxyl groups excluding tert-OH is 1. The second-order valence-corrected chi connectivity index (χ2v) is 4.84. The fourth-order valence-corrected chi connectivity index (χ4v) is 3.48. The van der Waals surface area contributed by atoms with E-state index in [4.69, 9.17) is 11.6 Å². The Hall–Kier alpha value is -0.0900. The Kier molecular flexibility index (Phi) is 3.12. The van der Waals surface area contributed by atoms with Crippen LogP contribution >= 0.6 is 38.9 Å². The lowest BCUT2D eigenvalue weighted by molar-refractivity contribution is 0.283. The van der Waals surface area contributed by atoms with Gasteiger partial charge in [0.1, 0.15) is 0 Å². The van der Waals surface area contributed by atoms with Crippen LogP contribution < -0.4 is 0 Å². The molecule has 1 nitrogen and oxygen atoms in total. The van der Waals surface area contributed by atoms with E-state index in [9.17, 15) is 5.11 Å². The maximum absolute atomic E-state index is 9.18. The lowest BCUT2D eigenvalue weighted by atomic mass is 10.1. The number of hydrogen-bond donors (Lipinski definition) is 1. The molecule has 4 heteroatoms. The van der Waals surface area contributed by atoms with Crippen molar-refractivity contribution in [2.45, 2.75) is 11.9 Å². The molecule has 0 unspecified atom stereocenters. The molecule has 0 aliphatic heterocycles. The van der Waals surface area contributed by atoms with Gasteiger partial charge in [-0.1, -0.05) is 27.5 Å². The van der Waals surface area contributed by atoms with Crippen LogP contribution in [0.5, 0.6) is 0 Å². The minimum Gasteiger partial charge on any atom is -0.392 e. The van der Waals surface area contributed by atoms with Crippen LogP contribution in [0.15, 0.2) is 17.5 Å². The van der Waals surface area contributed by atoms with E-state index < -0.39 is 0 Å². The Labute approximate surface area is 99.4 Å². The molecule has 1 aromatic carbocycles. The quantitative estimate of drug-likeness (QED) is 0.831. The molecule has 0 bridgehead atoms. The second kappa shape index (κ2) is 4.19. The van der Waals surface area contributed by atoms with Gasteiger partial charge in [-0.25, -0.2) is 0 Å². The molecule has 1 aromatic heterocycles. The lowest BCUT2D eigenvalue weighted by Gasteiger charge is -2.06. The van der Waals surface area contributed by atoms with Crippen molar-refractivity contribution in [1.82, 2.24) is 0 Å². The summed E-state index contributed by atoms with van der Waals surface area (Å²) in [4.78, 5) is 0. The Balaban J connectivity index is 2.81. The Bertz CT molecular complexity index is 466. The van der Waals surface area contributed by atoms with Crippen LogP contribution in [0.3, 0.4) is 0 Å². The average molecular weight is 292 g/mol. The SMILES string of the molecule is OCc1cc(Cl)c(CBr)c2ccsc12. The topological polar surface area (TPSA) is 20.2 Å². The Morgan fingerprint density at radius 2 is 2.29 bits per heavy atom. The van der Waals surface area contributed by atoms with Crippen LogP contribution in [0.2, 0.25) is 5.02 Å². The summed E-state index contributed by atoms with van der Waals surface area (Å²) in [7, 11) is 0. The summed E-state index contributed by atoms with van der Waals surface area (Å²) in [5.41, 5.74) is 2.00. The number of hydrogen-bond acceptors (Lipinski definition) is 2. The molecule has 0 aliphatic rings. The lowest BCUT2D eigenvalue weighted by Crippen LogP contribution is -1.88. The van der Waals surface area contributed by atoms with Crippen molar-refractivity contribution in [3.8, 4) is 0 Å². The first-order chi connectivity index (χ1) is 6.77. The van der Waals surface area contributed by atoms with Gasteiger partial charge in [0.15, 0.2) is 0 Å². The fourth-order valence-electron chi connectivity index (χ4n) is 1.48. The van der Waals surface area contributed by atoms with E-state index in [1.54, 1.807) is 11.3 Å². The standard InChI is InChI=1S/C10H8BrClOS/c11-4-8-7-1-2-14-10(7)6(5-13)3-9(8)12/h1-3,13H,4-5H2. The van der Waals surface area contributed by atoms with E-state index in [-0.39, 0.29) is 6.61 Å². The predicted octanol–water partition coefficient (Wildman–Crippen LogP) is 3.94. The summed E-state index contributed by atoms with van der Waals surface area (Å²) in [5.74, 6) is 0. The number of aliphatic hydroxyl groups is 1. The maximum atomic E-state index is 9.18. The van der Waals surface area contributed by atoms with Gasteiger partial charge in [-0.2, -0.15) is 0 Å². The number of fused-ring (bicyclic) bond motifs is 1. The van der Waals surface area contributed by atoms with E-state index >= 15 is 0 Å². The third-order valence-corrected chi connectivity index (χ3v) is 4.06. The number of rotatable bonds is 2. The molecule has 14 heavy (non-hydrogen) atoms. The van der Waals surface area contributed by atoms with E-state index in [0.29, 0.717) is 0 Å². The van der Waals surface area contributed by atoms with Gasteiger partial charge < -0.3 is 5.11 Å². The molecule has 0 amide bonds. The molecule has 0 saturated carbocycles. The van der Waals surface area contributed by atoms with Crippen LogP contribution in [0.4, 0.5) is 0 Å². The number of thiophene rings is 1. The number of halogens is 2.